The lowest BCUT2D eigenvalue weighted by atomic mass is 10.0. The molecule has 1 aromatic heterocycles. The molecule has 0 saturated carbocycles. The van der Waals surface area contributed by atoms with Crippen LogP contribution in [0.15, 0.2) is 59.2 Å². The van der Waals surface area contributed by atoms with Crippen molar-refractivity contribution in [2.75, 3.05) is 0 Å². The molecule has 3 rings (SSSR count). The molecular weight excluding hydrogens is 224 g/mol. The Hall–Kier alpha value is -2.35. The zero-order valence-electron chi connectivity index (χ0n) is 10.0. The van der Waals surface area contributed by atoms with Crippen LogP contribution in [0.25, 0.3) is 11.0 Å². The maximum Gasteiger partial charge on any atom is 0.193 e. The molecule has 3 aromatic rings. The Morgan fingerprint density at radius 3 is 2.44 bits per heavy atom. The van der Waals surface area contributed by atoms with Gasteiger partial charge in [0.15, 0.2) is 5.78 Å². The highest BCUT2D eigenvalue weighted by Crippen LogP contribution is 2.19. The highest BCUT2D eigenvalue weighted by atomic mass is 16.3. The van der Waals surface area contributed by atoms with Gasteiger partial charge >= 0.3 is 0 Å². The van der Waals surface area contributed by atoms with Crippen molar-refractivity contribution < 1.29 is 9.21 Å². The molecule has 0 aliphatic carbocycles. The van der Waals surface area contributed by atoms with E-state index in [2.05, 4.69) is 0 Å². The number of carbonyl (C=O) groups is 1. The van der Waals surface area contributed by atoms with Gasteiger partial charge in [-0.1, -0.05) is 29.8 Å². The van der Waals surface area contributed by atoms with E-state index in [1.54, 1.807) is 12.3 Å². The number of benzene rings is 2. The van der Waals surface area contributed by atoms with Crippen molar-refractivity contribution in [3.05, 3.63) is 71.5 Å². The van der Waals surface area contributed by atoms with Crippen LogP contribution in [-0.2, 0) is 0 Å². The van der Waals surface area contributed by atoms with E-state index < -0.39 is 0 Å². The third-order valence-corrected chi connectivity index (χ3v) is 3.03. The minimum absolute atomic E-state index is 0.0399. The molecule has 0 fully saturated rings. The van der Waals surface area contributed by atoms with Gasteiger partial charge in [0, 0.05) is 16.5 Å². The second kappa shape index (κ2) is 4.15. The molecule has 0 saturated heterocycles. The van der Waals surface area contributed by atoms with Crippen molar-refractivity contribution in [3.8, 4) is 0 Å². The monoisotopic (exact) mass is 236 g/mol. The summed E-state index contributed by atoms with van der Waals surface area (Å²) < 4.78 is 5.26. The first-order valence-corrected chi connectivity index (χ1v) is 5.83. The van der Waals surface area contributed by atoms with Crippen LogP contribution in [0, 0.1) is 6.92 Å². The largest absolute Gasteiger partial charge is 0.464 e. The maximum absolute atomic E-state index is 12.3. The lowest BCUT2D eigenvalue weighted by Gasteiger charge is -2.02. The first-order valence-electron chi connectivity index (χ1n) is 5.83. The molecule has 88 valence electrons. The number of carbonyl (C=O) groups excluding carboxylic acids is 1. The summed E-state index contributed by atoms with van der Waals surface area (Å²) in [5, 5.41) is 0.952. The van der Waals surface area contributed by atoms with Crippen molar-refractivity contribution in [2.45, 2.75) is 6.92 Å². The fourth-order valence-electron chi connectivity index (χ4n) is 1.98. The van der Waals surface area contributed by atoms with Gasteiger partial charge < -0.3 is 4.42 Å². The molecule has 0 spiro atoms. The van der Waals surface area contributed by atoms with Crippen LogP contribution >= 0.6 is 0 Å². The number of furan rings is 1. The molecule has 2 nitrogen and oxygen atoms in total. The van der Waals surface area contributed by atoms with E-state index in [4.69, 9.17) is 4.42 Å². The molecule has 0 aliphatic rings. The zero-order chi connectivity index (χ0) is 12.5. The molecule has 0 atom stereocenters. The smallest absolute Gasteiger partial charge is 0.193 e. The van der Waals surface area contributed by atoms with Gasteiger partial charge in [0.2, 0.25) is 0 Å². The summed E-state index contributed by atoms with van der Waals surface area (Å²) in [4.78, 5) is 12.3. The van der Waals surface area contributed by atoms with Gasteiger partial charge in [-0.25, -0.2) is 0 Å². The van der Waals surface area contributed by atoms with Crippen LogP contribution in [0.4, 0.5) is 0 Å². The number of hydrogen-bond donors (Lipinski definition) is 0. The Bertz CT molecular complexity index is 705. The molecule has 2 aromatic carbocycles. The lowest BCUT2D eigenvalue weighted by Crippen LogP contribution is -2.00. The van der Waals surface area contributed by atoms with Crippen LogP contribution < -0.4 is 0 Å². The van der Waals surface area contributed by atoms with Gasteiger partial charge in [-0.2, -0.15) is 0 Å². The zero-order valence-corrected chi connectivity index (χ0v) is 10.0. The summed E-state index contributed by atoms with van der Waals surface area (Å²) in [5.74, 6) is 0.0399. The predicted octanol–water partition coefficient (Wildman–Crippen LogP) is 3.97. The fourth-order valence-corrected chi connectivity index (χ4v) is 1.98. The van der Waals surface area contributed by atoms with Crippen molar-refractivity contribution in [2.24, 2.45) is 0 Å². The van der Waals surface area contributed by atoms with E-state index >= 15 is 0 Å². The average molecular weight is 236 g/mol. The van der Waals surface area contributed by atoms with Crippen LogP contribution in [0.5, 0.6) is 0 Å². The number of fused-ring (bicyclic) bond motifs is 1. The summed E-state index contributed by atoms with van der Waals surface area (Å²) >= 11 is 0. The first kappa shape index (κ1) is 10.8. The third kappa shape index (κ3) is 1.82. The number of hydrogen-bond acceptors (Lipinski definition) is 2. The van der Waals surface area contributed by atoms with E-state index in [0.29, 0.717) is 11.1 Å². The molecule has 0 amide bonds. The number of ketones is 1. The minimum atomic E-state index is 0.0399. The standard InChI is InChI=1S/C16H12O2/c1-11-2-4-12(5-3-11)16(17)14-6-7-15-13(10-14)8-9-18-15/h2-10H,1H3. The summed E-state index contributed by atoms with van der Waals surface area (Å²) in [6, 6.07) is 15.0. The SMILES string of the molecule is Cc1ccc(C(=O)c2ccc3occc3c2)cc1. The number of aryl methyl sites for hydroxylation is 1. The highest BCUT2D eigenvalue weighted by Gasteiger charge is 2.09. The van der Waals surface area contributed by atoms with Crippen LogP contribution in [0.3, 0.4) is 0 Å². The van der Waals surface area contributed by atoms with Crippen molar-refractivity contribution in [3.63, 3.8) is 0 Å². The Morgan fingerprint density at radius 2 is 1.67 bits per heavy atom. The van der Waals surface area contributed by atoms with Crippen molar-refractivity contribution in [1.29, 1.82) is 0 Å². The molecule has 0 aliphatic heterocycles. The van der Waals surface area contributed by atoms with Crippen LogP contribution in [-0.4, -0.2) is 5.78 Å². The maximum atomic E-state index is 12.3. The van der Waals surface area contributed by atoms with Crippen molar-refractivity contribution in [1.82, 2.24) is 0 Å². The summed E-state index contributed by atoms with van der Waals surface area (Å²) in [6.45, 7) is 2.01. The Balaban J connectivity index is 2.03. The fraction of sp³-hybridized carbons (Fsp3) is 0.0625. The quantitative estimate of drug-likeness (QED) is 0.630. The summed E-state index contributed by atoms with van der Waals surface area (Å²) in [5.41, 5.74) is 3.35. The first-order chi connectivity index (χ1) is 8.74. The molecule has 0 bridgehead atoms. The van der Waals surface area contributed by atoms with Gasteiger partial charge in [-0.15, -0.1) is 0 Å². The molecule has 0 N–H and O–H groups in total. The Kier molecular flexibility index (Phi) is 2.49. The Morgan fingerprint density at radius 1 is 0.944 bits per heavy atom. The van der Waals surface area contributed by atoms with Gasteiger partial charge in [0.1, 0.15) is 5.58 Å². The normalized spacial score (nSPS) is 10.7. The van der Waals surface area contributed by atoms with E-state index in [0.717, 1.165) is 16.5 Å². The predicted molar refractivity (Wildman–Crippen MR) is 70.8 cm³/mol. The lowest BCUT2D eigenvalue weighted by molar-refractivity contribution is 0.103. The van der Waals surface area contributed by atoms with Gasteiger partial charge in [0.05, 0.1) is 6.26 Å². The van der Waals surface area contributed by atoms with Gasteiger partial charge in [0.25, 0.3) is 0 Å². The molecule has 0 unspecified atom stereocenters. The van der Waals surface area contributed by atoms with Gasteiger partial charge in [-0.05, 0) is 31.2 Å². The molecule has 0 radical (unpaired) electrons. The van der Waals surface area contributed by atoms with Crippen molar-refractivity contribution >= 4 is 16.8 Å². The number of rotatable bonds is 2. The summed E-state index contributed by atoms with van der Waals surface area (Å²) in [7, 11) is 0. The second-order valence-corrected chi connectivity index (χ2v) is 4.37. The summed E-state index contributed by atoms with van der Waals surface area (Å²) in [6.07, 6.45) is 1.63. The topological polar surface area (TPSA) is 30.2 Å². The highest BCUT2D eigenvalue weighted by molar-refractivity contribution is 6.10. The molecule has 2 heteroatoms. The van der Waals surface area contributed by atoms with Crippen LogP contribution in [0.1, 0.15) is 21.5 Å². The van der Waals surface area contributed by atoms with E-state index in [1.807, 2.05) is 49.4 Å². The minimum Gasteiger partial charge on any atom is -0.464 e. The second-order valence-electron chi connectivity index (χ2n) is 4.37. The molecular formula is C16H12O2. The van der Waals surface area contributed by atoms with E-state index in [-0.39, 0.29) is 5.78 Å². The molecule has 18 heavy (non-hydrogen) atoms. The van der Waals surface area contributed by atoms with E-state index in [1.165, 1.54) is 0 Å². The third-order valence-electron chi connectivity index (χ3n) is 3.03. The molecule has 1 heterocycles. The van der Waals surface area contributed by atoms with Crippen LogP contribution in [0.2, 0.25) is 0 Å². The Labute approximate surface area is 105 Å². The van der Waals surface area contributed by atoms with E-state index in [9.17, 15) is 4.79 Å². The van der Waals surface area contributed by atoms with Gasteiger partial charge in [-0.3, -0.25) is 4.79 Å². The average Bonchev–Trinajstić information content (AvgIpc) is 2.86.